The van der Waals surface area contributed by atoms with Crippen LogP contribution in [0.3, 0.4) is 0 Å². The van der Waals surface area contributed by atoms with Crippen LogP contribution in [-0.4, -0.2) is 28.0 Å². The Morgan fingerprint density at radius 1 is 0.900 bits per heavy atom. The number of fused-ring (bicyclic) bond motifs is 1. The number of halogens is 1. The van der Waals surface area contributed by atoms with Crippen LogP contribution in [0.2, 0.25) is 0 Å². The summed E-state index contributed by atoms with van der Waals surface area (Å²) in [6, 6.07) is 22.4. The average Bonchev–Trinajstić information content (AvgIpc) is 3.22. The van der Waals surface area contributed by atoms with Crippen LogP contribution in [0.15, 0.2) is 72.8 Å². The molecule has 0 amide bonds. The summed E-state index contributed by atoms with van der Waals surface area (Å²) >= 11 is 0. The molecule has 0 atom stereocenters. The molecule has 2 heterocycles. The van der Waals surface area contributed by atoms with Gasteiger partial charge in [-0.25, -0.2) is 9.37 Å². The molecule has 0 aliphatic carbocycles. The van der Waals surface area contributed by atoms with Crippen molar-refractivity contribution in [3.63, 3.8) is 0 Å². The molecule has 0 spiro atoms. The third kappa shape index (κ3) is 4.21. The van der Waals surface area contributed by atoms with Gasteiger partial charge in [0.25, 0.3) is 0 Å². The number of hydrogen-bond donors (Lipinski definition) is 1. The van der Waals surface area contributed by atoms with E-state index < -0.39 is 0 Å². The summed E-state index contributed by atoms with van der Waals surface area (Å²) in [6.45, 7) is 3.06. The highest BCUT2D eigenvalue weighted by Gasteiger charge is 2.23. The Hall–Kier alpha value is -3.18. The van der Waals surface area contributed by atoms with Crippen LogP contribution >= 0.6 is 0 Å². The average molecular weight is 401 g/mol. The van der Waals surface area contributed by atoms with Gasteiger partial charge in [0.15, 0.2) is 0 Å². The van der Waals surface area contributed by atoms with Crippen LogP contribution in [0.5, 0.6) is 11.5 Å². The van der Waals surface area contributed by atoms with Gasteiger partial charge in [0, 0.05) is 12.5 Å². The Morgan fingerprint density at radius 3 is 2.27 bits per heavy atom. The van der Waals surface area contributed by atoms with Crippen LogP contribution in [0.25, 0.3) is 11.0 Å². The number of piperidine rings is 1. The lowest BCUT2D eigenvalue weighted by molar-refractivity contribution is 0.202. The smallest absolute Gasteiger partial charge is 0.127 e. The van der Waals surface area contributed by atoms with Crippen LogP contribution in [0.4, 0.5) is 4.39 Å². The van der Waals surface area contributed by atoms with E-state index in [1.54, 1.807) is 12.1 Å². The van der Waals surface area contributed by atoms with Crippen molar-refractivity contribution < 1.29 is 9.13 Å². The quantitative estimate of drug-likeness (QED) is 0.454. The van der Waals surface area contributed by atoms with Crippen molar-refractivity contribution in [1.82, 2.24) is 14.9 Å². The van der Waals surface area contributed by atoms with E-state index in [2.05, 4.69) is 34.1 Å². The second kappa shape index (κ2) is 8.28. The maximum Gasteiger partial charge on any atom is 0.127 e. The first-order valence-electron chi connectivity index (χ1n) is 10.4. The predicted molar refractivity (Wildman–Crippen MR) is 116 cm³/mol. The minimum atomic E-state index is -0.262. The number of benzene rings is 3. The van der Waals surface area contributed by atoms with Crippen molar-refractivity contribution in [2.24, 2.45) is 0 Å². The number of nitrogens with zero attached hydrogens (tertiary/aromatic N) is 2. The lowest BCUT2D eigenvalue weighted by atomic mass is 9.96. The first-order valence-corrected chi connectivity index (χ1v) is 10.4. The SMILES string of the molecule is Fc1ccc(Oc2ccc(CN3CCC(c4nc5ccccc5[nH]4)CC3)cc2)cc1. The molecule has 4 nitrogen and oxygen atoms in total. The number of para-hydroxylation sites is 2. The van der Waals surface area contributed by atoms with Gasteiger partial charge in [-0.15, -0.1) is 0 Å². The van der Waals surface area contributed by atoms with E-state index in [1.165, 1.54) is 17.7 Å². The van der Waals surface area contributed by atoms with Crippen LogP contribution < -0.4 is 4.74 Å². The van der Waals surface area contributed by atoms with E-state index in [1.807, 2.05) is 24.3 Å². The molecule has 1 fully saturated rings. The van der Waals surface area contributed by atoms with Crippen molar-refractivity contribution in [3.8, 4) is 11.5 Å². The van der Waals surface area contributed by atoms with Gasteiger partial charge >= 0.3 is 0 Å². The number of ether oxygens (including phenoxy) is 1. The van der Waals surface area contributed by atoms with E-state index >= 15 is 0 Å². The Bertz CT molecular complexity index is 1080. The highest BCUT2D eigenvalue weighted by atomic mass is 19.1. The van der Waals surface area contributed by atoms with Gasteiger partial charge in [-0.05, 0) is 80.0 Å². The van der Waals surface area contributed by atoms with Crippen molar-refractivity contribution in [3.05, 3.63) is 90.0 Å². The maximum absolute atomic E-state index is 13.0. The zero-order valence-corrected chi connectivity index (χ0v) is 16.7. The topological polar surface area (TPSA) is 41.1 Å². The molecule has 0 unspecified atom stereocenters. The third-order valence-corrected chi connectivity index (χ3v) is 5.76. The second-order valence-electron chi connectivity index (χ2n) is 7.89. The number of nitrogens with one attached hydrogen (secondary N) is 1. The van der Waals surface area contributed by atoms with Crippen molar-refractivity contribution in [1.29, 1.82) is 0 Å². The molecule has 1 aliphatic heterocycles. The first-order chi connectivity index (χ1) is 14.7. The van der Waals surface area contributed by atoms with E-state index in [0.29, 0.717) is 11.7 Å². The second-order valence-corrected chi connectivity index (χ2v) is 7.89. The largest absolute Gasteiger partial charge is 0.457 e. The van der Waals surface area contributed by atoms with Gasteiger partial charge in [-0.2, -0.15) is 0 Å². The Labute approximate surface area is 175 Å². The minimum Gasteiger partial charge on any atom is -0.457 e. The summed E-state index contributed by atoms with van der Waals surface area (Å²) in [4.78, 5) is 10.8. The standard InChI is InChI=1S/C25H24FN3O/c26-20-7-11-22(12-8-20)30-21-9-5-18(6-10-21)17-29-15-13-19(14-16-29)25-27-23-3-1-2-4-24(23)28-25/h1-12,19H,13-17H2,(H,27,28). The lowest BCUT2D eigenvalue weighted by Crippen LogP contribution is -2.32. The number of aromatic amines is 1. The van der Waals surface area contributed by atoms with Gasteiger partial charge in [0.2, 0.25) is 0 Å². The Kier molecular flexibility index (Phi) is 5.20. The summed E-state index contributed by atoms with van der Waals surface area (Å²) in [6.07, 6.45) is 2.23. The molecule has 1 aliphatic rings. The number of rotatable bonds is 5. The van der Waals surface area contributed by atoms with Crippen LogP contribution in [0.1, 0.15) is 30.1 Å². The van der Waals surface area contributed by atoms with Gasteiger partial charge in [0.05, 0.1) is 11.0 Å². The summed E-state index contributed by atoms with van der Waals surface area (Å²) in [5.74, 6) is 2.76. The molecule has 1 saturated heterocycles. The normalized spacial score (nSPS) is 15.5. The fourth-order valence-corrected chi connectivity index (χ4v) is 4.09. The molecule has 0 radical (unpaired) electrons. The maximum atomic E-state index is 13.0. The highest BCUT2D eigenvalue weighted by Crippen LogP contribution is 2.29. The predicted octanol–water partition coefficient (Wildman–Crippen LogP) is 5.87. The summed E-state index contributed by atoms with van der Waals surface area (Å²) in [5, 5.41) is 0. The molecule has 0 saturated carbocycles. The molecule has 0 bridgehead atoms. The Morgan fingerprint density at radius 2 is 1.57 bits per heavy atom. The molecule has 1 aromatic heterocycles. The van der Waals surface area contributed by atoms with E-state index in [0.717, 1.165) is 55.1 Å². The van der Waals surface area contributed by atoms with Crippen LogP contribution in [-0.2, 0) is 6.54 Å². The monoisotopic (exact) mass is 401 g/mol. The molecule has 4 aromatic rings. The fourth-order valence-electron chi connectivity index (χ4n) is 4.09. The number of hydrogen-bond acceptors (Lipinski definition) is 3. The van der Waals surface area contributed by atoms with Gasteiger partial charge in [0.1, 0.15) is 23.1 Å². The lowest BCUT2D eigenvalue weighted by Gasteiger charge is -2.31. The van der Waals surface area contributed by atoms with Crippen molar-refractivity contribution in [2.75, 3.05) is 13.1 Å². The summed E-state index contributed by atoms with van der Waals surface area (Å²) in [5.41, 5.74) is 3.44. The van der Waals surface area contributed by atoms with E-state index in [9.17, 15) is 4.39 Å². The van der Waals surface area contributed by atoms with E-state index in [4.69, 9.17) is 9.72 Å². The number of aromatic nitrogens is 2. The number of H-pyrrole nitrogens is 1. The van der Waals surface area contributed by atoms with Gasteiger partial charge in [-0.1, -0.05) is 24.3 Å². The summed E-state index contributed by atoms with van der Waals surface area (Å²) in [7, 11) is 0. The molecule has 30 heavy (non-hydrogen) atoms. The minimum absolute atomic E-state index is 0.262. The molecule has 5 rings (SSSR count). The van der Waals surface area contributed by atoms with Crippen molar-refractivity contribution in [2.45, 2.75) is 25.3 Å². The first kappa shape index (κ1) is 18.8. The molecule has 1 N–H and O–H groups in total. The number of likely N-dealkylation sites (tertiary alicyclic amines) is 1. The van der Waals surface area contributed by atoms with Gasteiger partial charge < -0.3 is 9.72 Å². The zero-order valence-electron chi connectivity index (χ0n) is 16.7. The zero-order chi connectivity index (χ0) is 20.3. The fraction of sp³-hybridized carbons (Fsp3) is 0.240. The van der Waals surface area contributed by atoms with E-state index in [-0.39, 0.29) is 5.82 Å². The van der Waals surface area contributed by atoms with Crippen LogP contribution in [0, 0.1) is 5.82 Å². The number of imidazole rings is 1. The summed E-state index contributed by atoms with van der Waals surface area (Å²) < 4.78 is 18.8. The van der Waals surface area contributed by atoms with Crippen molar-refractivity contribution >= 4 is 11.0 Å². The molecular formula is C25H24FN3O. The molecule has 3 aromatic carbocycles. The van der Waals surface area contributed by atoms with Gasteiger partial charge in [-0.3, -0.25) is 4.90 Å². The highest BCUT2D eigenvalue weighted by molar-refractivity contribution is 5.74. The molecule has 152 valence electrons. The molecule has 5 heteroatoms. The Balaban J connectivity index is 1.15. The third-order valence-electron chi connectivity index (χ3n) is 5.76. The molecular weight excluding hydrogens is 377 g/mol.